The number of halogens is 3. The second-order valence-electron chi connectivity index (χ2n) is 5.89. The average molecular weight is 282 g/mol. The highest BCUT2D eigenvalue weighted by Gasteiger charge is 2.41. The molecular formula is C12H21F3N2O2. The molecule has 0 aromatic heterocycles. The summed E-state index contributed by atoms with van der Waals surface area (Å²) in [6.45, 7) is 3.53. The molecule has 2 N–H and O–H groups in total. The third-order valence-corrected chi connectivity index (χ3v) is 2.91. The van der Waals surface area contributed by atoms with Crippen LogP contribution in [0.5, 0.6) is 0 Å². The second-order valence-corrected chi connectivity index (χ2v) is 5.89. The van der Waals surface area contributed by atoms with Crippen molar-refractivity contribution in [2.24, 2.45) is 5.73 Å². The van der Waals surface area contributed by atoms with Gasteiger partial charge in [0.25, 0.3) is 0 Å². The van der Waals surface area contributed by atoms with Crippen LogP contribution in [-0.4, -0.2) is 41.4 Å². The Balaban J connectivity index is 2.83. The van der Waals surface area contributed by atoms with Crippen LogP contribution in [-0.2, 0) is 4.74 Å². The Bertz CT molecular complexity index is 326. The van der Waals surface area contributed by atoms with E-state index in [1.165, 1.54) is 0 Å². The maximum Gasteiger partial charge on any atom is 0.410 e. The van der Waals surface area contributed by atoms with Crippen LogP contribution >= 0.6 is 0 Å². The van der Waals surface area contributed by atoms with Gasteiger partial charge in [0.05, 0.1) is 6.04 Å². The molecule has 0 radical (unpaired) electrons. The van der Waals surface area contributed by atoms with Crippen LogP contribution in [0.15, 0.2) is 0 Å². The van der Waals surface area contributed by atoms with Gasteiger partial charge in [-0.15, -0.1) is 0 Å². The normalized spacial score (nSPS) is 24.4. The topological polar surface area (TPSA) is 55.6 Å². The molecule has 0 saturated heterocycles. The number of hydrogen-bond acceptors (Lipinski definition) is 3. The summed E-state index contributed by atoms with van der Waals surface area (Å²) in [5.74, 6) is 0. The largest absolute Gasteiger partial charge is 0.444 e. The van der Waals surface area contributed by atoms with E-state index in [1.54, 1.807) is 20.8 Å². The fourth-order valence-corrected chi connectivity index (χ4v) is 2.19. The number of amides is 1. The minimum absolute atomic E-state index is 0.421. The third kappa shape index (κ3) is 5.26. The lowest BCUT2D eigenvalue weighted by Gasteiger charge is -2.34. The lowest BCUT2D eigenvalue weighted by Crippen LogP contribution is -2.52. The molecule has 0 unspecified atom stereocenters. The van der Waals surface area contributed by atoms with Crippen molar-refractivity contribution in [2.45, 2.75) is 63.9 Å². The van der Waals surface area contributed by atoms with Gasteiger partial charge in [-0.05, 0) is 40.0 Å². The number of carbonyl (C=O) groups excluding carboxylic acids is 1. The van der Waals surface area contributed by atoms with Gasteiger partial charge >= 0.3 is 12.3 Å². The van der Waals surface area contributed by atoms with Crippen LogP contribution in [0.4, 0.5) is 18.0 Å². The second kappa shape index (κ2) is 5.56. The van der Waals surface area contributed by atoms with Gasteiger partial charge in [-0.3, -0.25) is 4.90 Å². The summed E-state index contributed by atoms with van der Waals surface area (Å²) in [5.41, 5.74) is 4.95. The summed E-state index contributed by atoms with van der Waals surface area (Å²) < 4.78 is 42.8. The predicted octanol–water partition coefficient (Wildman–Crippen LogP) is 2.67. The molecule has 1 rings (SSSR count). The average Bonchev–Trinajstić information content (AvgIpc) is 2.56. The van der Waals surface area contributed by atoms with Crippen LogP contribution in [0.3, 0.4) is 0 Å². The molecule has 0 aromatic carbocycles. The number of alkyl halides is 3. The van der Waals surface area contributed by atoms with Crippen molar-refractivity contribution in [3.8, 4) is 0 Å². The van der Waals surface area contributed by atoms with Crippen molar-refractivity contribution in [2.75, 3.05) is 6.54 Å². The summed E-state index contributed by atoms with van der Waals surface area (Å²) in [5, 5.41) is 0. The Kier molecular flexibility index (Phi) is 4.71. The van der Waals surface area contributed by atoms with E-state index in [9.17, 15) is 18.0 Å². The summed E-state index contributed by atoms with van der Waals surface area (Å²) in [6.07, 6.45) is -3.58. The number of hydrogen-bond donors (Lipinski definition) is 1. The predicted molar refractivity (Wildman–Crippen MR) is 64.6 cm³/mol. The van der Waals surface area contributed by atoms with E-state index in [0.29, 0.717) is 12.8 Å². The first-order chi connectivity index (χ1) is 8.49. The Morgan fingerprint density at radius 1 is 1.32 bits per heavy atom. The first kappa shape index (κ1) is 16.1. The standard InChI is InChI=1S/C12H21F3N2O2/c1-11(2,3)19-10(18)17(7-12(13,14)15)9-6-4-5-8(9)16/h8-9H,4-7,16H2,1-3H3/t8-,9+/m1/s1. The molecule has 112 valence electrons. The number of ether oxygens (including phenoxy) is 1. The van der Waals surface area contributed by atoms with E-state index in [1.807, 2.05) is 0 Å². The fraction of sp³-hybridized carbons (Fsp3) is 0.917. The van der Waals surface area contributed by atoms with Crippen LogP contribution in [0.25, 0.3) is 0 Å². The lowest BCUT2D eigenvalue weighted by molar-refractivity contribution is -0.149. The summed E-state index contributed by atoms with van der Waals surface area (Å²) in [6, 6.07) is -1.02. The van der Waals surface area contributed by atoms with Crippen molar-refractivity contribution in [1.82, 2.24) is 4.90 Å². The highest BCUT2D eigenvalue weighted by molar-refractivity contribution is 5.68. The zero-order valence-electron chi connectivity index (χ0n) is 11.5. The van der Waals surface area contributed by atoms with Crippen LogP contribution in [0.1, 0.15) is 40.0 Å². The van der Waals surface area contributed by atoms with Gasteiger partial charge < -0.3 is 10.5 Å². The number of carbonyl (C=O) groups is 1. The SMILES string of the molecule is CC(C)(C)OC(=O)N(CC(F)(F)F)[C@H]1CCC[C@H]1N. The Hall–Kier alpha value is -0.980. The maximum atomic E-state index is 12.6. The van der Waals surface area contributed by atoms with Gasteiger partial charge in [0.1, 0.15) is 12.1 Å². The van der Waals surface area contributed by atoms with Gasteiger partial charge in [0, 0.05) is 6.04 Å². The van der Waals surface area contributed by atoms with Crippen LogP contribution in [0.2, 0.25) is 0 Å². The monoisotopic (exact) mass is 282 g/mol. The summed E-state index contributed by atoms with van der Waals surface area (Å²) >= 11 is 0. The highest BCUT2D eigenvalue weighted by atomic mass is 19.4. The van der Waals surface area contributed by atoms with E-state index in [0.717, 1.165) is 11.3 Å². The quantitative estimate of drug-likeness (QED) is 0.847. The number of rotatable bonds is 2. The molecule has 19 heavy (non-hydrogen) atoms. The van der Waals surface area contributed by atoms with Gasteiger partial charge in [0.2, 0.25) is 0 Å². The van der Waals surface area contributed by atoms with Crippen molar-refractivity contribution >= 4 is 6.09 Å². The van der Waals surface area contributed by atoms with Crippen LogP contribution < -0.4 is 5.73 Å². The first-order valence-electron chi connectivity index (χ1n) is 6.31. The maximum absolute atomic E-state index is 12.6. The molecule has 1 fully saturated rings. The van der Waals surface area contributed by atoms with Gasteiger partial charge in [-0.1, -0.05) is 0 Å². The smallest absolute Gasteiger partial charge is 0.410 e. The Morgan fingerprint density at radius 2 is 1.89 bits per heavy atom. The molecule has 1 aliphatic carbocycles. The van der Waals surface area contributed by atoms with Crippen LogP contribution in [0, 0.1) is 0 Å². The lowest BCUT2D eigenvalue weighted by atomic mass is 10.1. The van der Waals surface area contributed by atoms with Crippen molar-refractivity contribution in [1.29, 1.82) is 0 Å². The van der Waals surface area contributed by atoms with E-state index in [-0.39, 0.29) is 0 Å². The molecule has 1 saturated carbocycles. The summed E-state index contributed by atoms with van der Waals surface area (Å²) in [7, 11) is 0. The van der Waals surface area contributed by atoms with E-state index >= 15 is 0 Å². The molecule has 0 bridgehead atoms. The number of nitrogens with zero attached hydrogens (tertiary/aromatic N) is 1. The molecule has 0 spiro atoms. The van der Waals surface area contributed by atoms with Crippen molar-refractivity contribution < 1.29 is 22.7 Å². The molecule has 0 heterocycles. The molecule has 0 aliphatic heterocycles. The Labute approximate surface area is 111 Å². The number of nitrogens with two attached hydrogens (primary N) is 1. The molecule has 0 aromatic rings. The minimum atomic E-state index is -4.46. The van der Waals surface area contributed by atoms with Gasteiger partial charge in [-0.25, -0.2) is 4.79 Å². The highest BCUT2D eigenvalue weighted by Crippen LogP contribution is 2.28. The fourth-order valence-electron chi connectivity index (χ4n) is 2.19. The molecule has 1 aliphatic rings. The van der Waals surface area contributed by atoms with E-state index < -0.39 is 36.5 Å². The summed E-state index contributed by atoms with van der Waals surface area (Å²) in [4.78, 5) is 12.6. The van der Waals surface area contributed by atoms with E-state index in [2.05, 4.69) is 0 Å². The van der Waals surface area contributed by atoms with Crippen molar-refractivity contribution in [3.05, 3.63) is 0 Å². The van der Waals surface area contributed by atoms with Gasteiger partial charge in [0.15, 0.2) is 0 Å². The molecule has 2 atom stereocenters. The zero-order chi connectivity index (χ0) is 14.8. The molecular weight excluding hydrogens is 261 g/mol. The van der Waals surface area contributed by atoms with Gasteiger partial charge in [-0.2, -0.15) is 13.2 Å². The molecule has 1 amide bonds. The molecule has 4 nitrogen and oxygen atoms in total. The van der Waals surface area contributed by atoms with Crippen molar-refractivity contribution in [3.63, 3.8) is 0 Å². The third-order valence-electron chi connectivity index (χ3n) is 2.91. The van der Waals surface area contributed by atoms with E-state index in [4.69, 9.17) is 10.5 Å². The zero-order valence-corrected chi connectivity index (χ0v) is 11.5. The molecule has 7 heteroatoms. The Morgan fingerprint density at radius 3 is 2.26 bits per heavy atom. The minimum Gasteiger partial charge on any atom is -0.444 e. The first-order valence-corrected chi connectivity index (χ1v) is 6.31.